The molecule has 0 aliphatic rings. The highest BCUT2D eigenvalue weighted by Crippen LogP contribution is 2.22. The van der Waals surface area contributed by atoms with E-state index >= 15 is 0 Å². The van der Waals surface area contributed by atoms with Crippen LogP contribution >= 0.6 is 23.2 Å². The number of hydrogen-bond donors (Lipinski definition) is 2. The zero-order chi connectivity index (χ0) is 19.8. The third-order valence-corrected chi connectivity index (χ3v) is 3.54. The van der Waals surface area contributed by atoms with E-state index in [0.29, 0.717) is 10.6 Å². The minimum Gasteiger partial charge on any atom is -0.451 e. The van der Waals surface area contributed by atoms with E-state index in [2.05, 4.69) is 15.6 Å². The summed E-state index contributed by atoms with van der Waals surface area (Å²) in [5.74, 6) is -1.87. The maximum atomic E-state index is 12.2. The van der Waals surface area contributed by atoms with Gasteiger partial charge in [0.05, 0.1) is 10.0 Å². The Labute approximate surface area is 165 Å². The number of carbonyl (C=O) groups is 3. The van der Waals surface area contributed by atoms with E-state index in [1.807, 2.05) is 6.07 Å². The quantitative estimate of drug-likeness (QED) is 0.566. The van der Waals surface area contributed by atoms with Gasteiger partial charge in [-0.05, 0) is 17.7 Å². The van der Waals surface area contributed by atoms with Gasteiger partial charge in [0.25, 0.3) is 5.91 Å². The van der Waals surface area contributed by atoms with Gasteiger partial charge in [0, 0.05) is 13.1 Å². The van der Waals surface area contributed by atoms with Crippen LogP contribution in [0.15, 0.2) is 48.3 Å². The van der Waals surface area contributed by atoms with E-state index in [1.54, 1.807) is 24.3 Å². The van der Waals surface area contributed by atoms with E-state index in [-0.39, 0.29) is 16.5 Å². The second-order valence-corrected chi connectivity index (χ2v) is 6.10. The van der Waals surface area contributed by atoms with E-state index in [0.717, 1.165) is 0 Å². The molecule has 2 aromatic rings. The van der Waals surface area contributed by atoms with Crippen LogP contribution in [0, 0.1) is 0 Å². The molecule has 140 valence electrons. The molecule has 0 fully saturated rings. The summed E-state index contributed by atoms with van der Waals surface area (Å²) >= 11 is 11.6. The highest BCUT2D eigenvalue weighted by molar-refractivity contribution is 6.36. The molecule has 1 aromatic heterocycles. The zero-order valence-corrected chi connectivity index (χ0v) is 15.7. The number of carbonyl (C=O) groups excluding carboxylic acids is 3. The van der Waals surface area contributed by atoms with Gasteiger partial charge >= 0.3 is 5.97 Å². The van der Waals surface area contributed by atoms with Crippen molar-refractivity contribution >= 4 is 52.9 Å². The summed E-state index contributed by atoms with van der Waals surface area (Å²) in [6, 6.07) is 10.3. The molecule has 2 amide bonds. The Kier molecular flexibility index (Phi) is 7.34. The van der Waals surface area contributed by atoms with E-state index < -0.39 is 24.4 Å². The number of amides is 2. The van der Waals surface area contributed by atoms with E-state index in [9.17, 15) is 14.4 Å². The van der Waals surface area contributed by atoms with Crippen molar-refractivity contribution in [2.24, 2.45) is 0 Å². The fraction of sp³-hybridized carbons (Fsp3) is 0.111. The topological polar surface area (TPSA) is 97.4 Å². The van der Waals surface area contributed by atoms with Crippen LogP contribution in [0.25, 0.3) is 6.08 Å². The second-order valence-electron chi connectivity index (χ2n) is 5.26. The summed E-state index contributed by atoms with van der Waals surface area (Å²) in [4.78, 5) is 39.3. The Morgan fingerprint density at radius 3 is 2.52 bits per heavy atom. The Morgan fingerprint density at radius 1 is 1.19 bits per heavy atom. The fourth-order valence-electron chi connectivity index (χ4n) is 1.94. The van der Waals surface area contributed by atoms with Crippen LogP contribution in [0.1, 0.15) is 12.5 Å². The molecular formula is C18H15Cl2N3O4. The van der Waals surface area contributed by atoms with Crippen LogP contribution in [-0.2, 0) is 19.1 Å². The first-order chi connectivity index (χ1) is 12.8. The van der Waals surface area contributed by atoms with Gasteiger partial charge in [-0.3, -0.25) is 9.59 Å². The summed E-state index contributed by atoms with van der Waals surface area (Å²) in [6.07, 6.45) is 2.76. The predicted molar refractivity (Wildman–Crippen MR) is 102 cm³/mol. The molecule has 9 heteroatoms. The van der Waals surface area contributed by atoms with Crippen LogP contribution < -0.4 is 10.6 Å². The number of halogens is 2. The van der Waals surface area contributed by atoms with Gasteiger partial charge < -0.3 is 15.4 Å². The molecule has 0 bridgehead atoms. The smallest absolute Gasteiger partial charge is 0.355 e. The van der Waals surface area contributed by atoms with Crippen molar-refractivity contribution in [3.63, 3.8) is 0 Å². The number of pyridine rings is 1. The highest BCUT2D eigenvalue weighted by atomic mass is 35.5. The molecule has 0 spiro atoms. The SMILES string of the molecule is CC(=O)N/C(=C/c1ccccc1)C(=O)OCC(=O)Nc1ncc(Cl)cc1Cl. The lowest BCUT2D eigenvalue weighted by atomic mass is 10.2. The summed E-state index contributed by atoms with van der Waals surface area (Å²) in [5, 5.41) is 5.24. The van der Waals surface area contributed by atoms with Crippen molar-refractivity contribution < 1.29 is 19.1 Å². The Morgan fingerprint density at radius 2 is 1.89 bits per heavy atom. The molecule has 0 aliphatic heterocycles. The first kappa shape index (κ1) is 20.4. The van der Waals surface area contributed by atoms with Gasteiger partial charge in [0.1, 0.15) is 5.70 Å². The van der Waals surface area contributed by atoms with Crippen LogP contribution in [0.3, 0.4) is 0 Å². The van der Waals surface area contributed by atoms with Crippen LogP contribution in [-0.4, -0.2) is 29.4 Å². The lowest BCUT2D eigenvalue weighted by Gasteiger charge is -2.10. The van der Waals surface area contributed by atoms with Crippen LogP contribution in [0.5, 0.6) is 0 Å². The third-order valence-electron chi connectivity index (χ3n) is 3.04. The van der Waals surface area contributed by atoms with Gasteiger partial charge in [0.2, 0.25) is 5.91 Å². The summed E-state index contributed by atoms with van der Waals surface area (Å²) in [6.45, 7) is 0.665. The number of ether oxygens (including phenoxy) is 1. The monoisotopic (exact) mass is 407 g/mol. The Balaban J connectivity index is 2.01. The molecule has 0 saturated heterocycles. The highest BCUT2D eigenvalue weighted by Gasteiger charge is 2.16. The average Bonchev–Trinajstić information content (AvgIpc) is 2.62. The van der Waals surface area contributed by atoms with Crippen LogP contribution in [0.4, 0.5) is 5.82 Å². The number of aromatic nitrogens is 1. The molecule has 2 rings (SSSR count). The van der Waals surface area contributed by atoms with Crippen molar-refractivity contribution in [2.75, 3.05) is 11.9 Å². The number of hydrogen-bond acceptors (Lipinski definition) is 5. The molecule has 1 heterocycles. The molecule has 1 aromatic carbocycles. The minimum absolute atomic E-state index is 0.0871. The fourth-order valence-corrected chi connectivity index (χ4v) is 2.36. The molecule has 0 unspecified atom stereocenters. The lowest BCUT2D eigenvalue weighted by Crippen LogP contribution is -2.29. The molecule has 7 nitrogen and oxygen atoms in total. The largest absolute Gasteiger partial charge is 0.451 e. The summed E-state index contributed by atoms with van der Waals surface area (Å²) in [5.41, 5.74) is 0.587. The van der Waals surface area contributed by atoms with E-state index in [1.165, 1.54) is 25.3 Å². The first-order valence-corrected chi connectivity index (χ1v) is 8.43. The molecule has 0 atom stereocenters. The predicted octanol–water partition coefficient (Wildman–Crippen LogP) is 3.05. The zero-order valence-electron chi connectivity index (χ0n) is 14.2. The molecule has 27 heavy (non-hydrogen) atoms. The van der Waals surface area contributed by atoms with Crippen LogP contribution in [0.2, 0.25) is 10.0 Å². The van der Waals surface area contributed by atoms with E-state index in [4.69, 9.17) is 27.9 Å². The first-order valence-electron chi connectivity index (χ1n) is 7.67. The van der Waals surface area contributed by atoms with Gasteiger partial charge in [-0.25, -0.2) is 9.78 Å². The van der Waals surface area contributed by atoms with Crippen molar-refractivity contribution in [3.8, 4) is 0 Å². The lowest BCUT2D eigenvalue weighted by molar-refractivity contribution is -0.144. The average molecular weight is 408 g/mol. The normalized spacial score (nSPS) is 10.9. The molecule has 0 aliphatic carbocycles. The number of esters is 1. The standard InChI is InChI=1S/C18H15Cl2N3O4/c1-11(24)22-15(7-12-5-3-2-4-6-12)18(26)27-10-16(25)23-17-14(20)8-13(19)9-21-17/h2-9H,10H2,1H3,(H,22,24)(H,21,23,25)/b15-7+. The molecule has 2 N–H and O–H groups in total. The van der Waals surface area contributed by atoms with Crippen molar-refractivity contribution in [1.82, 2.24) is 10.3 Å². The van der Waals surface area contributed by atoms with Gasteiger partial charge in [0.15, 0.2) is 12.4 Å². The van der Waals surface area contributed by atoms with Crippen molar-refractivity contribution in [3.05, 3.63) is 63.9 Å². The van der Waals surface area contributed by atoms with Gasteiger partial charge in [-0.2, -0.15) is 0 Å². The molecule has 0 saturated carbocycles. The van der Waals surface area contributed by atoms with Crippen molar-refractivity contribution in [2.45, 2.75) is 6.92 Å². The number of anilines is 1. The molecular weight excluding hydrogens is 393 g/mol. The number of rotatable bonds is 6. The molecule has 0 radical (unpaired) electrons. The van der Waals surface area contributed by atoms with Gasteiger partial charge in [-0.15, -0.1) is 0 Å². The maximum absolute atomic E-state index is 12.2. The Bertz CT molecular complexity index is 885. The van der Waals surface area contributed by atoms with Gasteiger partial charge in [-0.1, -0.05) is 53.5 Å². The second kappa shape index (κ2) is 9.70. The number of nitrogens with zero attached hydrogens (tertiary/aromatic N) is 1. The summed E-state index contributed by atoms with van der Waals surface area (Å²) in [7, 11) is 0. The number of nitrogens with one attached hydrogen (secondary N) is 2. The number of benzene rings is 1. The minimum atomic E-state index is -0.862. The van der Waals surface area contributed by atoms with Crippen molar-refractivity contribution in [1.29, 1.82) is 0 Å². The third kappa shape index (κ3) is 6.73. The Hall–Kier alpha value is -2.90. The summed E-state index contributed by atoms with van der Waals surface area (Å²) < 4.78 is 4.94. The maximum Gasteiger partial charge on any atom is 0.355 e.